The number of rotatable bonds is 1. The Labute approximate surface area is 107 Å². The molecule has 88 valence electrons. The van der Waals surface area contributed by atoms with Crippen LogP contribution in [0.1, 0.15) is 24.3 Å². The molecular weight excluding hydrogens is 230 g/mol. The van der Waals surface area contributed by atoms with Gasteiger partial charge in [0.2, 0.25) is 0 Å². The van der Waals surface area contributed by atoms with E-state index in [1.165, 1.54) is 35.7 Å². The van der Waals surface area contributed by atoms with Crippen LogP contribution in [-0.2, 0) is 0 Å². The number of hydrogen-bond acceptors (Lipinski definition) is 1. The fourth-order valence-electron chi connectivity index (χ4n) is 2.63. The van der Waals surface area contributed by atoms with Gasteiger partial charge in [-0.25, -0.2) is 0 Å². The van der Waals surface area contributed by atoms with Gasteiger partial charge in [0.1, 0.15) is 0 Å². The minimum absolute atomic E-state index is 0.670. The average molecular weight is 246 g/mol. The van der Waals surface area contributed by atoms with Gasteiger partial charge < -0.3 is 5.32 Å². The zero-order valence-corrected chi connectivity index (χ0v) is 10.5. The van der Waals surface area contributed by atoms with Crippen molar-refractivity contribution in [2.45, 2.75) is 18.8 Å². The van der Waals surface area contributed by atoms with Gasteiger partial charge in [-0.15, -0.1) is 0 Å². The minimum Gasteiger partial charge on any atom is -0.316 e. The lowest BCUT2D eigenvalue weighted by atomic mass is 9.90. The van der Waals surface area contributed by atoms with Gasteiger partial charge in [0.05, 0.1) is 0 Å². The molecule has 0 amide bonds. The summed E-state index contributed by atoms with van der Waals surface area (Å²) in [5.74, 6) is 0.670. The third-order valence-electron chi connectivity index (χ3n) is 3.59. The van der Waals surface area contributed by atoms with Gasteiger partial charge in [0.25, 0.3) is 0 Å². The molecule has 1 unspecified atom stereocenters. The summed E-state index contributed by atoms with van der Waals surface area (Å²) in [7, 11) is 0. The number of nitrogens with one attached hydrogen (secondary N) is 1. The van der Waals surface area contributed by atoms with Crippen molar-refractivity contribution in [2.75, 3.05) is 13.1 Å². The molecule has 0 aliphatic carbocycles. The smallest absolute Gasteiger partial charge is 0.0412 e. The van der Waals surface area contributed by atoms with E-state index in [-0.39, 0.29) is 0 Å². The Morgan fingerprint density at radius 1 is 1.06 bits per heavy atom. The first kappa shape index (κ1) is 11.1. The molecule has 17 heavy (non-hydrogen) atoms. The Morgan fingerprint density at radius 2 is 1.88 bits per heavy atom. The normalized spacial score (nSPS) is 20.6. The molecule has 1 heterocycles. The molecule has 0 spiro atoms. The highest BCUT2D eigenvalue weighted by atomic mass is 35.5. The van der Waals surface area contributed by atoms with Gasteiger partial charge in [-0.1, -0.05) is 35.9 Å². The van der Waals surface area contributed by atoms with Crippen LogP contribution in [0.3, 0.4) is 0 Å². The van der Waals surface area contributed by atoms with Crippen molar-refractivity contribution in [1.82, 2.24) is 5.32 Å². The summed E-state index contributed by atoms with van der Waals surface area (Å²) < 4.78 is 0. The highest BCUT2D eigenvalue weighted by Gasteiger charge is 2.14. The summed E-state index contributed by atoms with van der Waals surface area (Å²) in [5.41, 5.74) is 1.45. The number of halogens is 1. The lowest BCUT2D eigenvalue weighted by Crippen LogP contribution is -2.28. The molecule has 1 nitrogen and oxygen atoms in total. The molecule has 1 aliphatic rings. The van der Waals surface area contributed by atoms with E-state index in [0.717, 1.165) is 11.6 Å². The van der Waals surface area contributed by atoms with Crippen LogP contribution in [0.4, 0.5) is 0 Å². The van der Waals surface area contributed by atoms with E-state index in [9.17, 15) is 0 Å². The van der Waals surface area contributed by atoms with Crippen LogP contribution in [0.25, 0.3) is 10.8 Å². The van der Waals surface area contributed by atoms with E-state index in [1.54, 1.807) is 0 Å². The standard InChI is InChI=1S/C15H16ClN/c16-15-6-5-11-8-12(3-4-13(11)9-15)14-2-1-7-17-10-14/h3-6,8-9,14,17H,1-2,7,10H2. The Morgan fingerprint density at radius 3 is 2.71 bits per heavy atom. The van der Waals surface area contributed by atoms with Gasteiger partial charge in [-0.3, -0.25) is 0 Å². The molecule has 1 atom stereocenters. The van der Waals surface area contributed by atoms with Crippen molar-refractivity contribution in [3.05, 3.63) is 47.0 Å². The van der Waals surface area contributed by atoms with Crippen LogP contribution in [0.5, 0.6) is 0 Å². The largest absolute Gasteiger partial charge is 0.316 e. The molecule has 1 fully saturated rings. The number of hydrogen-bond donors (Lipinski definition) is 1. The zero-order chi connectivity index (χ0) is 11.7. The van der Waals surface area contributed by atoms with Crippen molar-refractivity contribution in [1.29, 1.82) is 0 Å². The lowest BCUT2D eigenvalue weighted by molar-refractivity contribution is 0.462. The average Bonchev–Trinajstić information content (AvgIpc) is 2.39. The summed E-state index contributed by atoms with van der Waals surface area (Å²) in [6.07, 6.45) is 2.58. The molecule has 2 aromatic rings. The molecule has 1 aliphatic heterocycles. The highest BCUT2D eigenvalue weighted by Crippen LogP contribution is 2.27. The lowest BCUT2D eigenvalue weighted by Gasteiger charge is -2.23. The Kier molecular flexibility index (Phi) is 3.04. The maximum atomic E-state index is 6.00. The fourth-order valence-corrected chi connectivity index (χ4v) is 2.81. The van der Waals surface area contributed by atoms with Crippen LogP contribution < -0.4 is 5.32 Å². The second-order valence-corrected chi connectivity index (χ2v) is 5.23. The van der Waals surface area contributed by atoms with Crippen LogP contribution in [-0.4, -0.2) is 13.1 Å². The highest BCUT2D eigenvalue weighted by molar-refractivity contribution is 6.31. The van der Waals surface area contributed by atoms with E-state index in [2.05, 4.69) is 29.6 Å². The van der Waals surface area contributed by atoms with E-state index >= 15 is 0 Å². The molecule has 0 bridgehead atoms. The fraction of sp³-hybridized carbons (Fsp3) is 0.333. The van der Waals surface area contributed by atoms with Crippen molar-refractivity contribution in [3.8, 4) is 0 Å². The summed E-state index contributed by atoms with van der Waals surface area (Å²) in [6, 6.07) is 12.8. The topological polar surface area (TPSA) is 12.0 Å². The van der Waals surface area contributed by atoms with Crippen LogP contribution in [0.15, 0.2) is 36.4 Å². The quantitative estimate of drug-likeness (QED) is 0.802. The van der Waals surface area contributed by atoms with Gasteiger partial charge in [0.15, 0.2) is 0 Å². The van der Waals surface area contributed by atoms with Crippen molar-refractivity contribution < 1.29 is 0 Å². The minimum atomic E-state index is 0.670. The first-order valence-corrected chi connectivity index (χ1v) is 6.61. The second-order valence-electron chi connectivity index (χ2n) is 4.79. The van der Waals surface area contributed by atoms with Gasteiger partial charge in [-0.2, -0.15) is 0 Å². The predicted molar refractivity (Wildman–Crippen MR) is 73.8 cm³/mol. The number of piperidine rings is 1. The summed E-state index contributed by atoms with van der Waals surface area (Å²) >= 11 is 6.00. The number of benzene rings is 2. The zero-order valence-electron chi connectivity index (χ0n) is 9.75. The summed E-state index contributed by atoms with van der Waals surface area (Å²) in [6.45, 7) is 2.28. The van der Waals surface area contributed by atoms with Gasteiger partial charge in [-0.05, 0) is 53.8 Å². The van der Waals surface area contributed by atoms with Crippen LogP contribution in [0.2, 0.25) is 5.02 Å². The molecule has 1 N–H and O–H groups in total. The van der Waals surface area contributed by atoms with Crippen LogP contribution >= 0.6 is 11.6 Å². The molecule has 0 aromatic heterocycles. The van der Waals surface area contributed by atoms with Crippen molar-refractivity contribution in [2.24, 2.45) is 0 Å². The molecular formula is C15H16ClN. The molecule has 3 rings (SSSR count). The van der Waals surface area contributed by atoms with Gasteiger partial charge in [0, 0.05) is 11.6 Å². The Balaban J connectivity index is 1.98. The molecule has 0 radical (unpaired) electrons. The van der Waals surface area contributed by atoms with Gasteiger partial charge >= 0.3 is 0 Å². The first-order chi connectivity index (χ1) is 8.33. The maximum Gasteiger partial charge on any atom is 0.0412 e. The third kappa shape index (κ3) is 2.31. The number of fused-ring (bicyclic) bond motifs is 1. The van der Waals surface area contributed by atoms with E-state index < -0.39 is 0 Å². The van der Waals surface area contributed by atoms with Crippen LogP contribution in [0, 0.1) is 0 Å². The predicted octanol–water partition coefficient (Wildman–Crippen LogP) is 3.96. The third-order valence-corrected chi connectivity index (χ3v) is 3.83. The van der Waals surface area contributed by atoms with Crippen molar-refractivity contribution >= 4 is 22.4 Å². The Hall–Kier alpha value is -1.05. The first-order valence-electron chi connectivity index (χ1n) is 6.23. The summed E-state index contributed by atoms with van der Waals surface area (Å²) in [5, 5.41) is 6.80. The van der Waals surface area contributed by atoms with Crippen molar-refractivity contribution in [3.63, 3.8) is 0 Å². The molecule has 2 aromatic carbocycles. The molecule has 0 saturated carbocycles. The SMILES string of the molecule is Clc1ccc2cc(C3CCCNC3)ccc2c1. The van der Waals surface area contributed by atoms with E-state index in [4.69, 9.17) is 11.6 Å². The maximum absolute atomic E-state index is 6.00. The second kappa shape index (κ2) is 4.67. The summed E-state index contributed by atoms with van der Waals surface area (Å²) in [4.78, 5) is 0. The monoisotopic (exact) mass is 245 g/mol. The Bertz CT molecular complexity index is 529. The molecule has 1 saturated heterocycles. The van der Waals surface area contributed by atoms with E-state index in [0.29, 0.717) is 5.92 Å². The molecule has 2 heteroatoms. The van der Waals surface area contributed by atoms with E-state index in [1.807, 2.05) is 12.1 Å².